The lowest BCUT2D eigenvalue weighted by atomic mass is 10.1. The standard InChI is InChI=1S/C15H18FN3O2/c1-19(2)8-7-17-15(20)10-11-9-14(21-18-11)12-5-3-4-6-13(12)16/h3-6,9H,7-8,10H2,1-2H3,(H,17,20). The highest BCUT2D eigenvalue weighted by atomic mass is 19.1. The summed E-state index contributed by atoms with van der Waals surface area (Å²) >= 11 is 0. The quantitative estimate of drug-likeness (QED) is 0.880. The molecule has 1 aromatic heterocycles. The first kappa shape index (κ1) is 15.2. The van der Waals surface area contributed by atoms with Crippen molar-refractivity contribution < 1.29 is 13.7 Å². The average Bonchev–Trinajstić information content (AvgIpc) is 2.87. The lowest BCUT2D eigenvalue weighted by Crippen LogP contribution is -2.32. The number of hydrogen-bond donors (Lipinski definition) is 1. The topological polar surface area (TPSA) is 58.4 Å². The highest BCUT2D eigenvalue weighted by molar-refractivity contribution is 5.78. The van der Waals surface area contributed by atoms with E-state index in [1.165, 1.54) is 6.07 Å². The largest absolute Gasteiger partial charge is 0.356 e. The van der Waals surface area contributed by atoms with E-state index in [0.717, 1.165) is 6.54 Å². The van der Waals surface area contributed by atoms with Crippen LogP contribution in [0.5, 0.6) is 0 Å². The van der Waals surface area contributed by atoms with Crippen LogP contribution in [-0.4, -0.2) is 43.1 Å². The first-order chi connectivity index (χ1) is 10.1. The zero-order valence-corrected chi connectivity index (χ0v) is 12.1. The van der Waals surface area contributed by atoms with Gasteiger partial charge in [-0.15, -0.1) is 0 Å². The summed E-state index contributed by atoms with van der Waals surface area (Å²) in [6, 6.07) is 7.87. The molecule has 0 atom stereocenters. The van der Waals surface area contributed by atoms with Crippen molar-refractivity contribution in [1.29, 1.82) is 0 Å². The average molecular weight is 291 g/mol. The van der Waals surface area contributed by atoms with Crippen LogP contribution in [0.3, 0.4) is 0 Å². The number of amides is 1. The number of halogens is 1. The smallest absolute Gasteiger partial charge is 0.226 e. The van der Waals surface area contributed by atoms with E-state index < -0.39 is 0 Å². The minimum Gasteiger partial charge on any atom is -0.356 e. The van der Waals surface area contributed by atoms with Crippen molar-refractivity contribution in [1.82, 2.24) is 15.4 Å². The lowest BCUT2D eigenvalue weighted by Gasteiger charge is -2.09. The Bertz CT molecular complexity index is 610. The van der Waals surface area contributed by atoms with Gasteiger partial charge in [0.2, 0.25) is 5.91 Å². The van der Waals surface area contributed by atoms with Gasteiger partial charge in [-0.25, -0.2) is 4.39 Å². The summed E-state index contributed by atoms with van der Waals surface area (Å²) < 4.78 is 18.7. The van der Waals surface area contributed by atoms with Crippen LogP contribution in [0.25, 0.3) is 11.3 Å². The second kappa shape index (κ2) is 6.99. The third-order valence-electron chi connectivity index (χ3n) is 2.92. The van der Waals surface area contributed by atoms with E-state index in [4.69, 9.17) is 4.52 Å². The Morgan fingerprint density at radius 1 is 1.38 bits per heavy atom. The maximum atomic E-state index is 13.6. The molecular weight excluding hydrogens is 273 g/mol. The molecule has 0 unspecified atom stereocenters. The van der Waals surface area contributed by atoms with Crippen LogP contribution in [0.2, 0.25) is 0 Å². The van der Waals surface area contributed by atoms with Crippen molar-refractivity contribution in [3.8, 4) is 11.3 Å². The second-order valence-electron chi connectivity index (χ2n) is 4.99. The van der Waals surface area contributed by atoms with Crippen molar-refractivity contribution >= 4 is 5.91 Å². The zero-order chi connectivity index (χ0) is 15.2. The van der Waals surface area contributed by atoms with Gasteiger partial charge in [-0.2, -0.15) is 0 Å². The summed E-state index contributed by atoms with van der Waals surface area (Å²) in [7, 11) is 3.87. The summed E-state index contributed by atoms with van der Waals surface area (Å²) in [6.07, 6.45) is 0.116. The number of rotatable bonds is 6. The molecule has 112 valence electrons. The van der Waals surface area contributed by atoms with Gasteiger partial charge in [-0.05, 0) is 26.2 Å². The molecule has 2 aromatic rings. The summed E-state index contributed by atoms with van der Waals surface area (Å²) in [5, 5.41) is 6.59. The molecule has 0 bridgehead atoms. The maximum Gasteiger partial charge on any atom is 0.226 e. The molecule has 0 spiro atoms. The molecule has 5 nitrogen and oxygen atoms in total. The second-order valence-corrected chi connectivity index (χ2v) is 4.99. The maximum absolute atomic E-state index is 13.6. The molecule has 1 amide bonds. The van der Waals surface area contributed by atoms with Gasteiger partial charge in [0.25, 0.3) is 0 Å². The van der Waals surface area contributed by atoms with E-state index >= 15 is 0 Å². The van der Waals surface area contributed by atoms with Crippen molar-refractivity contribution in [3.63, 3.8) is 0 Å². The first-order valence-electron chi connectivity index (χ1n) is 6.68. The van der Waals surface area contributed by atoms with Gasteiger partial charge in [-0.3, -0.25) is 4.79 Å². The zero-order valence-electron chi connectivity index (χ0n) is 12.1. The molecule has 0 saturated heterocycles. The predicted octanol–water partition coefficient (Wildman–Crippen LogP) is 1.70. The van der Waals surface area contributed by atoms with E-state index in [0.29, 0.717) is 23.6 Å². The number of likely N-dealkylation sites (N-methyl/N-ethyl adjacent to an activating group) is 1. The van der Waals surface area contributed by atoms with E-state index in [1.807, 2.05) is 19.0 Å². The third-order valence-corrected chi connectivity index (χ3v) is 2.92. The molecule has 0 fully saturated rings. The fourth-order valence-corrected chi connectivity index (χ4v) is 1.83. The number of nitrogens with one attached hydrogen (secondary N) is 1. The molecule has 2 rings (SSSR count). The summed E-state index contributed by atoms with van der Waals surface area (Å²) in [6.45, 7) is 1.34. The fourth-order valence-electron chi connectivity index (χ4n) is 1.83. The van der Waals surface area contributed by atoms with Crippen molar-refractivity contribution in [2.24, 2.45) is 0 Å². The predicted molar refractivity (Wildman–Crippen MR) is 77.2 cm³/mol. The van der Waals surface area contributed by atoms with E-state index in [2.05, 4.69) is 10.5 Å². The minimum atomic E-state index is -0.379. The number of carbonyl (C=O) groups excluding carboxylic acids is 1. The molecule has 21 heavy (non-hydrogen) atoms. The SMILES string of the molecule is CN(C)CCNC(=O)Cc1cc(-c2ccccc2F)on1. The number of hydrogen-bond acceptors (Lipinski definition) is 4. The molecule has 0 radical (unpaired) electrons. The molecule has 0 aliphatic heterocycles. The van der Waals surface area contributed by atoms with E-state index in [-0.39, 0.29) is 18.1 Å². The molecule has 0 aliphatic rings. The Kier molecular flexibility index (Phi) is 5.05. The van der Waals surface area contributed by atoms with Crippen LogP contribution in [0, 0.1) is 5.82 Å². The van der Waals surface area contributed by atoms with Crippen LogP contribution in [0.15, 0.2) is 34.9 Å². The molecular formula is C15H18FN3O2. The monoisotopic (exact) mass is 291 g/mol. The van der Waals surface area contributed by atoms with Crippen molar-refractivity contribution in [2.45, 2.75) is 6.42 Å². The van der Waals surface area contributed by atoms with Gasteiger partial charge in [-0.1, -0.05) is 17.3 Å². The van der Waals surface area contributed by atoms with Gasteiger partial charge in [0.1, 0.15) is 5.82 Å². The van der Waals surface area contributed by atoms with Gasteiger partial charge >= 0.3 is 0 Å². The van der Waals surface area contributed by atoms with Crippen LogP contribution in [0.1, 0.15) is 5.69 Å². The van der Waals surface area contributed by atoms with Crippen LogP contribution < -0.4 is 5.32 Å². The number of benzene rings is 1. The Balaban J connectivity index is 1.94. The molecule has 1 N–H and O–H groups in total. The highest BCUT2D eigenvalue weighted by Gasteiger charge is 2.13. The Hall–Kier alpha value is -2.21. The number of aromatic nitrogens is 1. The first-order valence-corrected chi connectivity index (χ1v) is 6.68. The molecule has 6 heteroatoms. The van der Waals surface area contributed by atoms with Crippen molar-refractivity contribution in [2.75, 3.05) is 27.2 Å². The fraction of sp³-hybridized carbons (Fsp3) is 0.333. The number of carbonyl (C=O) groups is 1. The summed E-state index contributed by atoms with van der Waals surface area (Å²) in [5.41, 5.74) is 0.819. The molecule has 0 aliphatic carbocycles. The molecule has 1 aromatic carbocycles. The molecule has 1 heterocycles. The Labute approximate surface area is 122 Å². The van der Waals surface area contributed by atoms with Crippen LogP contribution in [0.4, 0.5) is 4.39 Å². The number of nitrogens with zero attached hydrogens (tertiary/aromatic N) is 2. The van der Waals surface area contributed by atoms with E-state index in [1.54, 1.807) is 24.3 Å². The normalized spacial score (nSPS) is 10.9. The van der Waals surface area contributed by atoms with Gasteiger partial charge < -0.3 is 14.7 Å². The summed E-state index contributed by atoms with van der Waals surface area (Å²) in [5.74, 6) is -0.190. The van der Waals surface area contributed by atoms with Crippen molar-refractivity contribution in [3.05, 3.63) is 41.8 Å². The van der Waals surface area contributed by atoms with Gasteiger partial charge in [0, 0.05) is 19.2 Å². The van der Waals surface area contributed by atoms with Crippen LogP contribution >= 0.6 is 0 Å². The van der Waals surface area contributed by atoms with E-state index in [9.17, 15) is 9.18 Å². The van der Waals surface area contributed by atoms with Crippen LogP contribution in [-0.2, 0) is 11.2 Å². The lowest BCUT2D eigenvalue weighted by molar-refractivity contribution is -0.120. The summed E-state index contributed by atoms with van der Waals surface area (Å²) in [4.78, 5) is 13.7. The Morgan fingerprint density at radius 3 is 2.86 bits per heavy atom. The highest BCUT2D eigenvalue weighted by Crippen LogP contribution is 2.23. The molecule has 0 saturated carbocycles. The van der Waals surface area contributed by atoms with Gasteiger partial charge in [0.15, 0.2) is 5.76 Å². The Morgan fingerprint density at radius 2 is 2.14 bits per heavy atom. The van der Waals surface area contributed by atoms with Gasteiger partial charge in [0.05, 0.1) is 17.7 Å². The third kappa shape index (κ3) is 4.39. The minimum absolute atomic E-state index is 0.116.